The molecule has 0 bridgehead atoms. The van der Waals surface area contributed by atoms with Gasteiger partial charge in [0.25, 0.3) is 0 Å². The highest BCUT2D eigenvalue weighted by Crippen LogP contribution is 2.26. The minimum atomic E-state index is -0.0357. The standard InChI is InChI=1S/C14H19N3OS.C2H2/c1-3-7-11(4-2)12-10-15-13(19-12)16-14(18)17-8-5-6-9-17;1-2/h3-4,7,10H,5-6,8-9H2,1-2H3,(H,15,16,18);1-2H/b7-3-,11-4+;. The summed E-state index contributed by atoms with van der Waals surface area (Å²) in [4.78, 5) is 19.1. The second-order valence-corrected chi connectivity index (χ2v) is 5.43. The third kappa shape index (κ3) is 4.76. The molecule has 1 aliphatic rings. The first-order chi connectivity index (χ1) is 10.2. The van der Waals surface area contributed by atoms with Crippen molar-refractivity contribution in [2.24, 2.45) is 0 Å². The van der Waals surface area contributed by atoms with Crippen LogP contribution in [0.25, 0.3) is 5.57 Å². The largest absolute Gasteiger partial charge is 0.324 e. The molecule has 21 heavy (non-hydrogen) atoms. The molecule has 0 spiro atoms. The van der Waals surface area contributed by atoms with Crippen molar-refractivity contribution in [2.45, 2.75) is 26.7 Å². The number of amides is 2. The summed E-state index contributed by atoms with van der Waals surface area (Å²) in [6.07, 6.45) is 18.1. The van der Waals surface area contributed by atoms with Gasteiger partial charge in [-0.2, -0.15) is 0 Å². The average Bonchev–Trinajstić information content (AvgIpc) is 3.18. The van der Waals surface area contributed by atoms with Gasteiger partial charge in [-0.15, -0.1) is 12.8 Å². The van der Waals surface area contributed by atoms with E-state index in [9.17, 15) is 4.79 Å². The van der Waals surface area contributed by atoms with E-state index in [-0.39, 0.29) is 6.03 Å². The minimum absolute atomic E-state index is 0.0357. The Bertz CT molecular complexity index is 537. The number of anilines is 1. The summed E-state index contributed by atoms with van der Waals surface area (Å²) in [6.45, 7) is 5.68. The average molecular weight is 303 g/mol. The molecule has 0 aliphatic carbocycles. The van der Waals surface area contributed by atoms with Crippen LogP contribution in [-0.4, -0.2) is 29.0 Å². The summed E-state index contributed by atoms with van der Waals surface area (Å²) in [5, 5.41) is 3.53. The van der Waals surface area contributed by atoms with E-state index < -0.39 is 0 Å². The van der Waals surface area contributed by atoms with Gasteiger partial charge in [-0.05, 0) is 32.3 Å². The molecule has 4 nitrogen and oxygen atoms in total. The zero-order valence-electron chi connectivity index (χ0n) is 12.5. The molecule has 1 aromatic rings. The molecular weight excluding hydrogens is 282 g/mol. The molecule has 1 fully saturated rings. The number of likely N-dealkylation sites (tertiary alicyclic amines) is 1. The Labute approximate surface area is 130 Å². The Kier molecular flexibility index (Phi) is 7.27. The van der Waals surface area contributed by atoms with E-state index in [4.69, 9.17) is 0 Å². The topological polar surface area (TPSA) is 45.2 Å². The smallest absolute Gasteiger partial charge is 0.323 e. The van der Waals surface area contributed by atoms with E-state index in [0.717, 1.165) is 36.4 Å². The molecule has 112 valence electrons. The van der Waals surface area contributed by atoms with Crippen molar-refractivity contribution >= 4 is 28.1 Å². The maximum absolute atomic E-state index is 11.9. The van der Waals surface area contributed by atoms with Crippen molar-refractivity contribution in [1.29, 1.82) is 0 Å². The highest BCUT2D eigenvalue weighted by atomic mass is 32.1. The highest BCUT2D eigenvalue weighted by Gasteiger charge is 2.18. The minimum Gasteiger partial charge on any atom is -0.324 e. The van der Waals surface area contributed by atoms with Gasteiger partial charge in [0.2, 0.25) is 0 Å². The number of aromatic nitrogens is 1. The zero-order valence-corrected chi connectivity index (χ0v) is 13.3. The monoisotopic (exact) mass is 303 g/mol. The van der Waals surface area contributed by atoms with Gasteiger partial charge in [0.05, 0.1) is 4.88 Å². The maximum atomic E-state index is 11.9. The summed E-state index contributed by atoms with van der Waals surface area (Å²) in [5.74, 6) is 0. The second kappa shape index (κ2) is 8.98. The SMILES string of the molecule is C#C.C/C=C\C(=C/C)c1cnc(NC(=O)N2CCCC2)s1. The lowest BCUT2D eigenvalue weighted by Gasteiger charge is -2.14. The van der Waals surface area contributed by atoms with Crippen LogP contribution >= 0.6 is 11.3 Å². The Morgan fingerprint density at radius 3 is 2.62 bits per heavy atom. The second-order valence-electron chi connectivity index (χ2n) is 4.40. The van der Waals surface area contributed by atoms with Crippen molar-refractivity contribution in [3.63, 3.8) is 0 Å². The van der Waals surface area contributed by atoms with Crippen LogP contribution in [0.2, 0.25) is 0 Å². The molecule has 0 atom stereocenters. The van der Waals surface area contributed by atoms with Crippen LogP contribution in [0.1, 0.15) is 31.6 Å². The highest BCUT2D eigenvalue weighted by molar-refractivity contribution is 7.16. The first-order valence-corrected chi connectivity index (χ1v) is 7.70. The molecule has 0 aromatic carbocycles. The van der Waals surface area contributed by atoms with Gasteiger partial charge >= 0.3 is 6.03 Å². The van der Waals surface area contributed by atoms with Crippen molar-refractivity contribution in [2.75, 3.05) is 18.4 Å². The Morgan fingerprint density at radius 1 is 1.38 bits per heavy atom. The molecule has 1 N–H and O–H groups in total. The molecule has 2 heterocycles. The molecule has 0 saturated carbocycles. The van der Waals surface area contributed by atoms with E-state index in [1.54, 1.807) is 6.20 Å². The van der Waals surface area contributed by atoms with Gasteiger partial charge in [0.1, 0.15) is 0 Å². The number of hydrogen-bond acceptors (Lipinski definition) is 3. The Hall–Kier alpha value is -2.06. The van der Waals surface area contributed by atoms with E-state index in [1.807, 2.05) is 37.0 Å². The first kappa shape index (κ1) is 17.0. The van der Waals surface area contributed by atoms with Crippen LogP contribution in [0.5, 0.6) is 0 Å². The number of carbonyl (C=O) groups is 1. The fourth-order valence-electron chi connectivity index (χ4n) is 2.06. The van der Waals surface area contributed by atoms with Crippen LogP contribution in [0, 0.1) is 12.8 Å². The fourth-order valence-corrected chi connectivity index (χ4v) is 2.92. The van der Waals surface area contributed by atoms with Gasteiger partial charge in [0, 0.05) is 19.3 Å². The van der Waals surface area contributed by atoms with Crippen molar-refractivity contribution in [3.05, 3.63) is 29.3 Å². The van der Waals surface area contributed by atoms with Crippen LogP contribution in [-0.2, 0) is 0 Å². The first-order valence-electron chi connectivity index (χ1n) is 6.89. The van der Waals surface area contributed by atoms with Gasteiger partial charge < -0.3 is 4.90 Å². The Balaban J connectivity index is 0.00000106. The number of urea groups is 1. The lowest BCUT2D eigenvalue weighted by atomic mass is 10.2. The number of terminal acetylenes is 1. The lowest BCUT2D eigenvalue weighted by Crippen LogP contribution is -2.32. The number of nitrogens with zero attached hydrogens (tertiary/aromatic N) is 2. The quantitative estimate of drug-likeness (QED) is 0.677. The number of nitrogens with one attached hydrogen (secondary N) is 1. The normalized spacial score (nSPS) is 14.9. The van der Waals surface area contributed by atoms with Crippen molar-refractivity contribution < 1.29 is 4.79 Å². The molecule has 2 rings (SSSR count). The number of rotatable bonds is 3. The predicted molar refractivity (Wildman–Crippen MR) is 90.3 cm³/mol. The van der Waals surface area contributed by atoms with Crippen LogP contribution in [0.4, 0.5) is 9.93 Å². The zero-order chi connectivity index (χ0) is 15.7. The molecule has 1 aliphatic heterocycles. The van der Waals surface area contributed by atoms with Gasteiger partial charge in [-0.1, -0.05) is 29.6 Å². The molecule has 1 saturated heterocycles. The van der Waals surface area contributed by atoms with Gasteiger partial charge in [0.15, 0.2) is 5.13 Å². The molecular formula is C16H21N3OS. The van der Waals surface area contributed by atoms with Gasteiger partial charge in [-0.3, -0.25) is 5.32 Å². The number of allylic oxidation sites excluding steroid dienone is 4. The summed E-state index contributed by atoms with van der Waals surface area (Å²) >= 11 is 1.50. The van der Waals surface area contributed by atoms with Crippen molar-refractivity contribution in [1.82, 2.24) is 9.88 Å². The summed E-state index contributed by atoms with van der Waals surface area (Å²) in [5.41, 5.74) is 1.13. The Morgan fingerprint density at radius 2 is 2.05 bits per heavy atom. The van der Waals surface area contributed by atoms with Crippen LogP contribution in [0.3, 0.4) is 0 Å². The third-order valence-electron chi connectivity index (χ3n) is 3.05. The van der Waals surface area contributed by atoms with Crippen LogP contribution in [0.15, 0.2) is 24.4 Å². The molecule has 0 radical (unpaired) electrons. The number of hydrogen-bond donors (Lipinski definition) is 1. The fraction of sp³-hybridized carbons (Fsp3) is 0.375. The summed E-state index contributed by atoms with van der Waals surface area (Å²) < 4.78 is 0. The lowest BCUT2D eigenvalue weighted by molar-refractivity contribution is 0.222. The predicted octanol–water partition coefficient (Wildman–Crippen LogP) is 4.00. The van der Waals surface area contributed by atoms with Gasteiger partial charge in [-0.25, -0.2) is 9.78 Å². The third-order valence-corrected chi connectivity index (χ3v) is 4.02. The molecule has 0 unspecified atom stereocenters. The van der Waals surface area contributed by atoms with E-state index in [0.29, 0.717) is 5.13 Å². The number of carbonyl (C=O) groups excluding carboxylic acids is 1. The van der Waals surface area contributed by atoms with E-state index in [1.165, 1.54) is 11.3 Å². The molecule has 1 aromatic heterocycles. The molecule has 2 amide bonds. The van der Waals surface area contributed by atoms with Crippen molar-refractivity contribution in [3.8, 4) is 12.8 Å². The van der Waals surface area contributed by atoms with E-state index in [2.05, 4.69) is 23.1 Å². The van der Waals surface area contributed by atoms with Crippen LogP contribution < -0.4 is 5.32 Å². The summed E-state index contributed by atoms with van der Waals surface area (Å²) in [6, 6.07) is -0.0357. The van der Waals surface area contributed by atoms with E-state index >= 15 is 0 Å². The number of thiazole rings is 1. The summed E-state index contributed by atoms with van der Waals surface area (Å²) in [7, 11) is 0. The maximum Gasteiger partial charge on any atom is 0.323 e. The molecule has 5 heteroatoms.